The number of nitrogens with zero attached hydrogens (tertiary/aromatic N) is 2. The fourth-order valence-corrected chi connectivity index (χ4v) is 3.79. The van der Waals surface area contributed by atoms with E-state index >= 15 is 0 Å². The van der Waals surface area contributed by atoms with Crippen molar-refractivity contribution < 1.29 is 4.79 Å². The monoisotopic (exact) mass is 367 g/mol. The molecule has 1 fully saturated rings. The standard InChI is InChI=1S/C21H25N3OS/c25-20(22-18-11-5-3-6-12-18)17-26-21(23-19-13-7-4-8-14-19)24-15-9-1-2-10-16-24/h3-8,11-14H,1-2,9-10,15-17H2,(H,22,25). The third kappa shape index (κ3) is 5.92. The molecule has 1 aliphatic heterocycles. The number of para-hydroxylation sites is 2. The van der Waals surface area contributed by atoms with E-state index in [0.717, 1.165) is 29.6 Å². The lowest BCUT2D eigenvalue weighted by Gasteiger charge is -2.23. The number of hydrogen-bond donors (Lipinski definition) is 1. The Morgan fingerprint density at radius 2 is 1.54 bits per heavy atom. The zero-order valence-electron chi connectivity index (χ0n) is 14.9. The predicted octanol–water partition coefficient (Wildman–Crippen LogP) is 4.92. The van der Waals surface area contributed by atoms with Crippen LogP contribution in [0.15, 0.2) is 65.7 Å². The largest absolute Gasteiger partial charge is 0.351 e. The smallest absolute Gasteiger partial charge is 0.234 e. The molecular formula is C21H25N3OS. The van der Waals surface area contributed by atoms with E-state index in [4.69, 9.17) is 4.99 Å². The molecule has 0 spiro atoms. The second kappa shape index (κ2) is 10.0. The molecule has 4 nitrogen and oxygen atoms in total. The number of carbonyl (C=O) groups is 1. The Morgan fingerprint density at radius 3 is 2.19 bits per heavy atom. The van der Waals surface area contributed by atoms with E-state index in [-0.39, 0.29) is 5.91 Å². The molecule has 1 heterocycles. The lowest BCUT2D eigenvalue weighted by Crippen LogP contribution is -2.31. The number of anilines is 1. The van der Waals surface area contributed by atoms with Gasteiger partial charge < -0.3 is 10.2 Å². The van der Waals surface area contributed by atoms with Gasteiger partial charge in [0.2, 0.25) is 5.91 Å². The maximum absolute atomic E-state index is 12.3. The number of hydrogen-bond acceptors (Lipinski definition) is 3. The second-order valence-electron chi connectivity index (χ2n) is 6.33. The second-order valence-corrected chi connectivity index (χ2v) is 7.28. The Kier molecular flexibility index (Phi) is 7.14. The van der Waals surface area contributed by atoms with Gasteiger partial charge in [0, 0.05) is 18.8 Å². The highest BCUT2D eigenvalue weighted by Crippen LogP contribution is 2.21. The van der Waals surface area contributed by atoms with Crippen molar-refractivity contribution in [2.75, 3.05) is 24.2 Å². The molecule has 0 aromatic heterocycles. The predicted molar refractivity (Wildman–Crippen MR) is 111 cm³/mol. The summed E-state index contributed by atoms with van der Waals surface area (Å²) in [4.78, 5) is 19.5. The first kappa shape index (κ1) is 18.5. The third-order valence-electron chi connectivity index (χ3n) is 4.25. The fourth-order valence-electron chi connectivity index (χ4n) is 2.92. The molecule has 1 N–H and O–H groups in total. The van der Waals surface area contributed by atoms with Crippen molar-refractivity contribution >= 4 is 34.2 Å². The lowest BCUT2D eigenvalue weighted by atomic mass is 10.2. The van der Waals surface area contributed by atoms with Gasteiger partial charge in [-0.25, -0.2) is 4.99 Å². The highest BCUT2D eigenvalue weighted by molar-refractivity contribution is 8.14. The molecule has 0 aliphatic carbocycles. The summed E-state index contributed by atoms with van der Waals surface area (Å²) in [5, 5.41) is 3.89. The van der Waals surface area contributed by atoms with Crippen LogP contribution in [0.4, 0.5) is 11.4 Å². The maximum atomic E-state index is 12.3. The maximum Gasteiger partial charge on any atom is 0.234 e. The Balaban J connectivity index is 1.67. The van der Waals surface area contributed by atoms with Crippen molar-refractivity contribution in [3.05, 3.63) is 60.7 Å². The van der Waals surface area contributed by atoms with Crippen LogP contribution in [-0.4, -0.2) is 34.8 Å². The first-order valence-electron chi connectivity index (χ1n) is 9.18. The molecule has 136 valence electrons. The number of carbonyl (C=O) groups excluding carboxylic acids is 1. The number of likely N-dealkylation sites (tertiary alicyclic amines) is 1. The minimum Gasteiger partial charge on any atom is -0.351 e. The highest BCUT2D eigenvalue weighted by Gasteiger charge is 2.16. The molecule has 0 saturated carbocycles. The molecule has 2 aromatic carbocycles. The van der Waals surface area contributed by atoms with Gasteiger partial charge in [-0.2, -0.15) is 0 Å². The van der Waals surface area contributed by atoms with E-state index in [1.54, 1.807) is 0 Å². The summed E-state index contributed by atoms with van der Waals surface area (Å²) in [5.74, 6) is 0.355. The molecule has 0 atom stereocenters. The molecule has 1 aliphatic rings. The summed E-state index contributed by atoms with van der Waals surface area (Å²) < 4.78 is 0. The number of aliphatic imine (C=N–C) groups is 1. The van der Waals surface area contributed by atoms with Gasteiger partial charge in [0.25, 0.3) is 0 Å². The van der Waals surface area contributed by atoms with Crippen LogP contribution in [0.3, 0.4) is 0 Å². The quantitative estimate of drug-likeness (QED) is 0.616. The molecule has 3 rings (SSSR count). The summed E-state index contributed by atoms with van der Waals surface area (Å²) in [5.41, 5.74) is 1.76. The number of amides is 1. The number of thioether (sulfide) groups is 1. The molecule has 2 aromatic rings. The van der Waals surface area contributed by atoms with Crippen molar-refractivity contribution in [2.24, 2.45) is 4.99 Å². The fraction of sp³-hybridized carbons (Fsp3) is 0.333. The Bertz CT molecular complexity index is 711. The van der Waals surface area contributed by atoms with Crippen LogP contribution in [0.1, 0.15) is 25.7 Å². The Hall–Kier alpha value is -2.27. The molecule has 0 unspecified atom stereocenters. The summed E-state index contributed by atoms with van der Waals surface area (Å²) in [6.45, 7) is 2.03. The van der Waals surface area contributed by atoms with E-state index in [2.05, 4.69) is 10.2 Å². The summed E-state index contributed by atoms with van der Waals surface area (Å²) in [7, 11) is 0. The molecule has 0 radical (unpaired) electrons. The molecule has 1 amide bonds. The minimum atomic E-state index is -0.00298. The summed E-state index contributed by atoms with van der Waals surface area (Å²) >= 11 is 1.52. The van der Waals surface area contributed by atoms with Gasteiger partial charge in [-0.05, 0) is 37.1 Å². The van der Waals surface area contributed by atoms with E-state index < -0.39 is 0 Å². The van der Waals surface area contributed by atoms with Crippen LogP contribution in [0.5, 0.6) is 0 Å². The van der Waals surface area contributed by atoms with Crippen molar-refractivity contribution in [1.29, 1.82) is 0 Å². The average molecular weight is 368 g/mol. The normalized spacial score (nSPS) is 15.4. The van der Waals surface area contributed by atoms with Gasteiger partial charge in [-0.15, -0.1) is 0 Å². The van der Waals surface area contributed by atoms with Gasteiger partial charge in [-0.1, -0.05) is 61.0 Å². The number of rotatable bonds is 4. The first-order valence-corrected chi connectivity index (χ1v) is 10.2. The van der Waals surface area contributed by atoms with Crippen LogP contribution in [0.2, 0.25) is 0 Å². The zero-order chi connectivity index (χ0) is 18.0. The van der Waals surface area contributed by atoms with E-state index in [0.29, 0.717) is 5.75 Å². The Morgan fingerprint density at radius 1 is 0.923 bits per heavy atom. The van der Waals surface area contributed by atoms with E-state index in [1.807, 2.05) is 60.7 Å². The van der Waals surface area contributed by atoms with E-state index in [1.165, 1.54) is 37.4 Å². The molecular weight excluding hydrogens is 342 g/mol. The SMILES string of the molecule is O=C(CSC(=Nc1ccccc1)N1CCCCCC1)Nc1ccccc1. The van der Waals surface area contributed by atoms with Gasteiger partial charge in [0.15, 0.2) is 5.17 Å². The molecule has 26 heavy (non-hydrogen) atoms. The summed E-state index contributed by atoms with van der Waals surface area (Å²) in [6, 6.07) is 19.6. The molecule has 5 heteroatoms. The highest BCUT2D eigenvalue weighted by atomic mass is 32.2. The lowest BCUT2D eigenvalue weighted by molar-refractivity contribution is -0.113. The van der Waals surface area contributed by atoms with Crippen molar-refractivity contribution in [3.63, 3.8) is 0 Å². The van der Waals surface area contributed by atoms with Gasteiger partial charge >= 0.3 is 0 Å². The van der Waals surface area contributed by atoms with Crippen LogP contribution >= 0.6 is 11.8 Å². The number of amidine groups is 1. The number of nitrogens with one attached hydrogen (secondary N) is 1. The molecule has 0 bridgehead atoms. The molecule has 1 saturated heterocycles. The topological polar surface area (TPSA) is 44.7 Å². The van der Waals surface area contributed by atoms with E-state index in [9.17, 15) is 4.79 Å². The van der Waals surface area contributed by atoms with Crippen molar-refractivity contribution in [2.45, 2.75) is 25.7 Å². The van der Waals surface area contributed by atoms with Gasteiger partial charge in [0.05, 0.1) is 11.4 Å². The average Bonchev–Trinajstić information content (AvgIpc) is 2.96. The minimum absolute atomic E-state index is 0.00298. The first-order chi connectivity index (χ1) is 12.8. The van der Waals surface area contributed by atoms with Crippen LogP contribution in [0.25, 0.3) is 0 Å². The van der Waals surface area contributed by atoms with Crippen LogP contribution in [0, 0.1) is 0 Å². The summed E-state index contributed by atoms with van der Waals surface area (Å²) in [6.07, 6.45) is 4.91. The van der Waals surface area contributed by atoms with Gasteiger partial charge in [-0.3, -0.25) is 4.79 Å². The van der Waals surface area contributed by atoms with Crippen LogP contribution < -0.4 is 5.32 Å². The van der Waals surface area contributed by atoms with Crippen molar-refractivity contribution in [1.82, 2.24) is 4.90 Å². The third-order valence-corrected chi connectivity index (χ3v) is 5.26. The number of benzene rings is 2. The van der Waals surface area contributed by atoms with Crippen molar-refractivity contribution in [3.8, 4) is 0 Å². The van der Waals surface area contributed by atoms with Gasteiger partial charge in [0.1, 0.15) is 0 Å². The van der Waals surface area contributed by atoms with Crippen LogP contribution in [-0.2, 0) is 4.79 Å². The zero-order valence-corrected chi connectivity index (χ0v) is 15.8. The Labute approximate surface area is 159 Å².